The maximum atomic E-state index is 6.20. The zero-order valence-electron chi connectivity index (χ0n) is 9.64. The fourth-order valence-corrected chi connectivity index (χ4v) is 2.75. The number of nitrogens with zero attached hydrogens (tertiary/aromatic N) is 2. The van der Waals surface area contributed by atoms with E-state index in [1.54, 1.807) is 17.7 Å². The Bertz CT molecular complexity index is 708. The molecule has 0 spiro atoms. The molecular formula is C13H10ClN3S. The summed E-state index contributed by atoms with van der Waals surface area (Å²) in [5.41, 5.74) is 1.99. The van der Waals surface area contributed by atoms with Gasteiger partial charge in [-0.1, -0.05) is 17.7 Å². The van der Waals surface area contributed by atoms with E-state index < -0.39 is 0 Å². The lowest BCUT2D eigenvalue weighted by Gasteiger charge is -2.08. The highest BCUT2D eigenvalue weighted by molar-refractivity contribution is 7.16. The molecule has 3 aromatic rings. The van der Waals surface area contributed by atoms with Gasteiger partial charge >= 0.3 is 0 Å². The molecule has 0 aliphatic carbocycles. The van der Waals surface area contributed by atoms with Crippen LogP contribution in [0.25, 0.3) is 10.2 Å². The Balaban J connectivity index is 2.03. The first-order valence-corrected chi connectivity index (χ1v) is 6.71. The number of benzene rings is 1. The third-order valence-corrected chi connectivity index (χ3v) is 3.77. The summed E-state index contributed by atoms with van der Waals surface area (Å²) in [6.07, 6.45) is 1.56. The number of rotatable bonds is 2. The Morgan fingerprint density at radius 3 is 2.94 bits per heavy atom. The summed E-state index contributed by atoms with van der Waals surface area (Å²) >= 11 is 7.80. The van der Waals surface area contributed by atoms with E-state index in [0.29, 0.717) is 5.02 Å². The fraction of sp³-hybridized carbons (Fsp3) is 0.0769. The SMILES string of the molecule is Cc1ccc(Nc2ncnc3sccc23)c(Cl)c1. The third-order valence-electron chi connectivity index (χ3n) is 2.64. The summed E-state index contributed by atoms with van der Waals surface area (Å²) in [6.45, 7) is 2.01. The van der Waals surface area contributed by atoms with Crippen LogP contribution in [0.1, 0.15) is 5.56 Å². The van der Waals surface area contributed by atoms with Gasteiger partial charge in [-0.25, -0.2) is 9.97 Å². The summed E-state index contributed by atoms with van der Waals surface area (Å²) in [5, 5.41) is 6.96. The number of aromatic nitrogens is 2. The monoisotopic (exact) mass is 275 g/mol. The van der Waals surface area contributed by atoms with Crippen molar-refractivity contribution >= 4 is 44.7 Å². The van der Waals surface area contributed by atoms with Crippen molar-refractivity contribution in [1.82, 2.24) is 9.97 Å². The molecule has 1 aromatic carbocycles. The van der Waals surface area contributed by atoms with Gasteiger partial charge < -0.3 is 5.32 Å². The minimum absolute atomic E-state index is 0.692. The summed E-state index contributed by atoms with van der Waals surface area (Å²) in [6, 6.07) is 7.90. The van der Waals surface area contributed by atoms with Crippen molar-refractivity contribution in [3.05, 3.63) is 46.6 Å². The molecule has 90 valence electrons. The number of fused-ring (bicyclic) bond motifs is 1. The maximum Gasteiger partial charge on any atom is 0.142 e. The normalized spacial score (nSPS) is 10.8. The van der Waals surface area contributed by atoms with E-state index in [2.05, 4.69) is 15.3 Å². The summed E-state index contributed by atoms with van der Waals surface area (Å²) < 4.78 is 0. The van der Waals surface area contributed by atoms with Crippen molar-refractivity contribution in [3.63, 3.8) is 0 Å². The van der Waals surface area contributed by atoms with Crippen molar-refractivity contribution in [3.8, 4) is 0 Å². The number of hydrogen-bond donors (Lipinski definition) is 1. The van der Waals surface area contributed by atoms with Crippen LogP contribution in [0.15, 0.2) is 36.0 Å². The summed E-state index contributed by atoms with van der Waals surface area (Å²) in [5.74, 6) is 0.784. The van der Waals surface area contributed by atoms with Crippen LogP contribution in [0.4, 0.5) is 11.5 Å². The van der Waals surface area contributed by atoms with Crippen molar-refractivity contribution in [2.45, 2.75) is 6.92 Å². The van der Waals surface area contributed by atoms with E-state index in [0.717, 1.165) is 27.3 Å². The topological polar surface area (TPSA) is 37.8 Å². The van der Waals surface area contributed by atoms with Gasteiger partial charge in [-0.15, -0.1) is 11.3 Å². The lowest BCUT2D eigenvalue weighted by Crippen LogP contribution is -1.95. The molecule has 0 fully saturated rings. The van der Waals surface area contributed by atoms with Crippen LogP contribution in [0.5, 0.6) is 0 Å². The van der Waals surface area contributed by atoms with Gasteiger partial charge in [-0.2, -0.15) is 0 Å². The summed E-state index contributed by atoms with van der Waals surface area (Å²) in [7, 11) is 0. The number of thiophene rings is 1. The first-order valence-electron chi connectivity index (χ1n) is 5.45. The molecule has 2 heterocycles. The molecule has 5 heteroatoms. The highest BCUT2D eigenvalue weighted by atomic mass is 35.5. The van der Waals surface area contributed by atoms with Gasteiger partial charge in [-0.05, 0) is 36.1 Å². The standard InChI is InChI=1S/C13H10ClN3S/c1-8-2-3-11(10(14)6-8)17-12-9-4-5-18-13(9)16-7-15-12/h2-7H,1H3,(H,15,16,17). The predicted molar refractivity (Wildman–Crippen MR) is 76.9 cm³/mol. The molecule has 0 atom stereocenters. The predicted octanol–water partition coefficient (Wildman–Crippen LogP) is 4.40. The number of anilines is 2. The smallest absolute Gasteiger partial charge is 0.142 e. The van der Waals surface area contributed by atoms with Crippen molar-refractivity contribution in [2.24, 2.45) is 0 Å². The maximum absolute atomic E-state index is 6.20. The van der Waals surface area contributed by atoms with Gasteiger partial charge in [0.25, 0.3) is 0 Å². The average molecular weight is 276 g/mol. The fourth-order valence-electron chi connectivity index (χ4n) is 1.74. The number of nitrogens with one attached hydrogen (secondary N) is 1. The Hall–Kier alpha value is -1.65. The molecule has 0 bridgehead atoms. The number of aryl methyl sites for hydroxylation is 1. The molecule has 2 aromatic heterocycles. The van der Waals surface area contributed by atoms with Crippen LogP contribution in [-0.4, -0.2) is 9.97 Å². The van der Waals surface area contributed by atoms with Crippen molar-refractivity contribution < 1.29 is 0 Å². The van der Waals surface area contributed by atoms with Crippen molar-refractivity contribution in [2.75, 3.05) is 5.32 Å². The molecule has 3 nitrogen and oxygen atoms in total. The van der Waals surface area contributed by atoms with Gasteiger partial charge in [-0.3, -0.25) is 0 Å². The molecule has 1 N–H and O–H groups in total. The molecule has 0 aliphatic rings. The highest BCUT2D eigenvalue weighted by Gasteiger charge is 2.07. The van der Waals surface area contributed by atoms with Gasteiger partial charge in [0.05, 0.1) is 16.1 Å². The third kappa shape index (κ3) is 2.05. The number of halogens is 1. The molecule has 0 aliphatic heterocycles. The van der Waals surface area contributed by atoms with E-state index in [1.807, 2.05) is 36.6 Å². The zero-order chi connectivity index (χ0) is 12.5. The quantitative estimate of drug-likeness (QED) is 0.753. The molecule has 0 saturated heterocycles. The van der Waals surface area contributed by atoms with Crippen LogP contribution < -0.4 is 5.32 Å². The lowest BCUT2D eigenvalue weighted by atomic mass is 10.2. The first-order chi connectivity index (χ1) is 8.74. The molecule has 18 heavy (non-hydrogen) atoms. The van der Waals surface area contributed by atoms with E-state index in [4.69, 9.17) is 11.6 Å². The Labute approximate surface area is 113 Å². The lowest BCUT2D eigenvalue weighted by molar-refractivity contribution is 1.23. The van der Waals surface area contributed by atoms with Crippen LogP contribution in [0, 0.1) is 6.92 Å². The van der Waals surface area contributed by atoms with E-state index in [1.165, 1.54) is 0 Å². The Morgan fingerprint density at radius 1 is 1.22 bits per heavy atom. The number of hydrogen-bond acceptors (Lipinski definition) is 4. The van der Waals surface area contributed by atoms with Gasteiger partial charge in [0.2, 0.25) is 0 Å². The second-order valence-corrected chi connectivity index (χ2v) is 5.27. The Kier molecular flexibility index (Phi) is 2.89. The average Bonchev–Trinajstić information content (AvgIpc) is 2.82. The van der Waals surface area contributed by atoms with Crippen LogP contribution in [-0.2, 0) is 0 Å². The molecule has 0 radical (unpaired) electrons. The van der Waals surface area contributed by atoms with Crippen LogP contribution in [0.2, 0.25) is 5.02 Å². The van der Waals surface area contributed by atoms with Crippen molar-refractivity contribution in [1.29, 1.82) is 0 Å². The van der Waals surface area contributed by atoms with E-state index in [-0.39, 0.29) is 0 Å². The van der Waals surface area contributed by atoms with E-state index >= 15 is 0 Å². The van der Waals surface area contributed by atoms with E-state index in [9.17, 15) is 0 Å². The molecule has 0 saturated carbocycles. The van der Waals surface area contributed by atoms with Gasteiger partial charge in [0.15, 0.2) is 0 Å². The van der Waals surface area contributed by atoms with Gasteiger partial charge in [0, 0.05) is 0 Å². The Morgan fingerprint density at radius 2 is 2.11 bits per heavy atom. The minimum Gasteiger partial charge on any atom is -0.338 e. The molecular weight excluding hydrogens is 266 g/mol. The van der Waals surface area contributed by atoms with Crippen LogP contribution in [0.3, 0.4) is 0 Å². The second kappa shape index (κ2) is 4.55. The first kappa shape index (κ1) is 11.4. The zero-order valence-corrected chi connectivity index (χ0v) is 11.2. The van der Waals surface area contributed by atoms with Crippen LogP contribution >= 0.6 is 22.9 Å². The second-order valence-electron chi connectivity index (χ2n) is 3.97. The molecule has 0 amide bonds. The minimum atomic E-state index is 0.692. The summed E-state index contributed by atoms with van der Waals surface area (Å²) in [4.78, 5) is 9.45. The highest BCUT2D eigenvalue weighted by Crippen LogP contribution is 2.30. The molecule has 0 unspecified atom stereocenters. The van der Waals surface area contributed by atoms with Gasteiger partial charge in [0.1, 0.15) is 17.0 Å². The molecule has 3 rings (SSSR count). The largest absolute Gasteiger partial charge is 0.338 e.